The molecule has 0 fully saturated rings. The van der Waals surface area contributed by atoms with E-state index in [1.807, 2.05) is 0 Å². The van der Waals surface area contributed by atoms with Gasteiger partial charge < -0.3 is 10.2 Å². The van der Waals surface area contributed by atoms with Crippen molar-refractivity contribution in [3.05, 3.63) is 22.2 Å². The van der Waals surface area contributed by atoms with E-state index in [1.54, 1.807) is 26.8 Å². The highest BCUT2D eigenvalue weighted by atomic mass is 35.5. The van der Waals surface area contributed by atoms with Gasteiger partial charge in [-0.25, -0.2) is 0 Å². The molecule has 1 rings (SSSR count). The average Bonchev–Trinajstić information content (AvgIpc) is 2.20. The summed E-state index contributed by atoms with van der Waals surface area (Å²) >= 11 is 5.74. The Labute approximate surface area is 93.5 Å². The minimum atomic E-state index is -0.841. The number of aromatic hydroxyl groups is 2. The first-order valence-electron chi connectivity index (χ1n) is 4.44. The van der Waals surface area contributed by atoms with Crippen LogP contribution in [0.2, 0.25) is 5.02 Å². The van der Waals surface area contributed by atoms with Gasteiger partial charge in [-0.05, 0) is 32.4 Å². The third kappa shape index (κ3) is 1.86. The lowest BCUT2D eigenvalue weighted by Crippen LogP contribution is -2.14. The fraction of sp³-hybridized carbons (Fsp3) is 0.364. The maximum absolute atomic E-state index is 9.73. The van der Waals surface area contributed by atoms with Crippen LogP contribution < -0.4 is 0 Å². The van der Waals surface area contributed by atoms with E-state index in [2.05, 4.69) is 6.07 Å². The van der Waals surface area contributed by atoms with Gasteiger partial charge in [-0.1, -0.05) is 11.6 Å². The third-order valence-electron chi connectivity index (χ3n) is 2.36. The largest absolute Gasteiger partial charge is 0.506 e. The number of aryl methyl sites for hydroxylation is 1. The Morgan fingerprint density at radius 1 is 1.33 bits per heavy atom. The Bertz CT molecular complexity index is 447. The molecule has 80 valence electrons. The van der Waals surface area contributed by atoms with Gasteiger partial charge in [0.15, 0.2) is 0 Å². The van der Waals surface area contributed by atoms with Crippen molar-refractivity contribution in [2.75, 3.05) is 0 Å². The number of hydrogen-bond donors (Lipinski definition) is 2. The number of benzene rings is 1. The van der Waals surface area contributed by atoms with Crippen LogP contribution in [0.3, 0.4) is 0 Å². The maximum atomic E-state index is 9.73. The smallest absolute Gasteiger partial charge is 0.142 e. The quantitative estimate of drug-likeness (QED) is 0.773. The molecule has 2 N–H and O–H groups in total. The van der Waals surface area contributed by atoms with Crippen molar-refractivity contribution in [2.24, 2.45) is 0 Å². The molecule has 1 aromatic carbocycles. The second-order valence-corrected chi connectivity index (χ2v) is 4.37. The lowest BCUT2D eigenvalue weighted by molar-refractivity contribution is 0.437. The van der Waals surface area contributed by atoms with E-state index in [0.29, 0.717) is 11.1 Å². The van der Waals surface area contributed by atoms with Crippen LogP contribution in [0, 0.1) is 18.3 Å². The van der Waals surface area contributed by atoms with Gasteiger partial charge in [0.25, 0.3) is 0 Å². The minimum absolute atomic E-state index is 0.103. The summed E-state index contributed by atoms with van der Waals surface area (Å²) in [5.74, 6) is -0.377. The maximum Gasteiger partial charge on any atom is 0.142 e. The first-order valence-corrected chi connectivity index (χ1v) is 4.82. The molecule has 15 heavy (non-hydrogen) atoms. The molecule has 0 aliphatic carbocycles. The molecule has 0 atom stereocenters. The van der Waals surface area contributed by atoms with Crippen LogP contribution in [0.15, 0.2) is 6.07 Å². The molecule has 0 heterocycles. The van der Waals surface area contributed by atoms with Gasteiger partial charge >= 0.3 is 0 Å². The number of rotatable bonds is 1. The van der Waals surface area contributed by atoms with Crippen molar-refractivity contribution in [3.63, 3.8) is 0 Å². The highest BCUT2D eigenvalue weighted by Crippen LogP contribution is 2.42. The van der Waals surface area contributed by atoms with Gasteiger partial charge in [-0.3, -0.25) is 0 Å². The molecular weight excluding hydrogens is 214 g/mol. The van der Waals surface area contributed by atoms with Gasteiger partial charge in [0.1, 0.15) is 16.5 Å². The summed E-state index contributed by atoms with van der Waals surface area (Å²) in [7, 11) is 0. The monoisotopic (exact) mass is 225 g/mol. The van der Waals surface area contributed by atoms with Crippen LogP contribution in [-0.2, 0) is 5.41 Å². The molecule has 0 saturated heterocycles. The fourth-order valence-corrected chi connectivity index (χ4v) is 1.54. The topological polar surface area (TPSA) is 64.2 Å². The van der Waals surface area contributed by atoms with Crippen molar-refractivity contribution in [1.82, 2.24) is 0 Å². The SMILES string of the molecule is Cc1cc(C(C)(C)C#N)c(O)c(Cl)c1O. The molecule has 0 aliphatic heterocycles. The number of nitrogens with zero attached hydrogens (tertiary/aromatic N) is 1. The zero-order valence-corrected chi connectivity index (χ0v) is 9.55. The van der Waals surface area contributed by atoms with Crippen molar-refractivity contribution >= 4 is 11.6 Å². The van der Waals surface area contributed by atoms with Gasteiger partial charge in [0.2, 0.25) is 0 Å². The van der Waals surface area contributed by atoms with Crippen LogP contribution in [0.25, 0.3) is 0 Å². The van der Waals surface area contributed by atoms with Crippen LogP contribution in [0.1, 0.15) is 25.0 Å². The first kappa shape index (κ1) is 11.7. The molecule has 0 radical (unpaired) electrons. The number of halogens is 1. The van der Waals surface area contributed by atoms with E-state index in [0.717, 1.165) is 0 Å². The summed E-state index contributed by atoms with van der Waals surface area (Å²) in [5.41, 5.74) is 0.119. The lowest BCUT2D eigenvalue weighted by Gasteiger charge is -2.19. The van der Waals surface area contributed by atoms with Crippen LogP contribution in [0.4, 0.5) is 0 Å². The Morgan fingerprint density at radius 2 is 1.87 bits per heavy atom. The van der Waals surface area contributed by atoms with E-state index in [9.17, 15) is 10.2 Å². The molecular formula is C11H12ClNO2. The van der Waals surface area contributed by atoms with E-state index in [4.69, 9.17) is 16.9 Å². The summed E-state index contributed by atoms with van der Waals surface area (Å²) in [6, 6.07) is 3.64. The van der Waals surface area contributed by atoms with Gasteiger partial charge in [0.05, 0.1) is 11.5 Å². The van der Waals surface area contributed by atoms with Gasteiger partial charge in [0, 0.05) is 5.56 Å². The summed E-state index contributed by atoms with van der Waals surface area (Å²) in [4.78, 5) is 0. The number of phenolic OH excluding ortho intramolecular Hbond substituents is 2. The molecule has 0 unspecified atom stereocenters. The van der Waals surface area contributed by atoms with Gasteiger partial charge in [-0.2, -0.15) is 5.26 Å². The molecule has 3 nitrogen and oxygen atoms in total. The third-order valence-corrected chi connectivity index (χ3v) is 2.72. The summed E-state index contributed by atoms with van der Waals surface area (Å²) in [6.07, 6.45) is 0. The van der Waals surface area contributed by atoms with Crippen LogP contribution >= 0.6 is 11.6 Å². The fourth-order valence-electron chi connectivity index (χ4n) is 1.29. The highest BCUT2D eigenvalue weighted by molar-refractivity contribution is 6.33. The minimum Gasteiger partial charge on any atom is -0.506 e. The van der Waals surface area contributed by atoms with Crippen molar-refractivity contribution in [3.8, 4) is 17.6 Å². The number of phenols is 2. The molecule has 0 amide bonds. The van der Waals surface area contributed by atoms with E-state index in [1.165, 1.54) is 0 Å². The standard InChI is InChI=1S/C11H12ClNO2/c1-6-4-7(11(2,3)5-13)10(15)8(12)9(6)14/h4,14-15H,1-3H3. The lowest BCUT2D eigenvalue weighted by atomic mass is 9.84. The molecule has 0 aliphatic rings. The Balaban J connectivity index is 3.54. The zero-order chi connectivity index (χ0) is 11.8. The van der Waals surface area contributed by atoms with Crippen LogP contribution in [0.5, 0.6) is 11.5 Å². The second-order valence-electron chi connectivity index (χ2n) is 3.99. The summed E-state index contributed by atoms with van der Waals surface area (Å²) < 4.78 is 0. The predicted octanol–water partition coefficient (Wildman–Crippen LogP) is 2.86. The van der Waals surface area contributed by atoms with Crippen LogP contribution in [-0.4, -0.2) is 10.2 Å². The van der Waals surface area contributed by atoms with Crippen molar-refractivity contribution in [2.45, 2.75) is 26.2 Å². The van der Waals surface area contributed by atoms with Crippen molar-refractivity contribution in [1.29, 1.82) is 5.26 Å². The summed E-state index contributed by atoms with van der Waals surface area (Å²) in [5, 5.41) is 28.1. The van der Waals surface area contributed by atoms with Crippen molar-refractivity contribution < 1.29 is 10.2 Å². The Morgan fingerprint density at radius 3 is 2.33 bits per heavy atom. The Kier molecular flexibility index (Phi) is 2.83. The number of hydrogen-bond acceptors (Lipinski definition) is 3. The molecule has 0 spiro atoms. The normalized spacial score (nSPS) is 11.1. The zero-order valence-electron chi connectivity index (χ0n) is 8.80. The molecule has 1 aromatic rings. The molecule has 0 bridgehead atoms. The second kappa shape index (κ2) is 3.63. The predicted molar refractivity (Wildman–Crippen MR) is 58.2 cm³/mol. The average molecular weight is 226 g/mol. The van der Waals surface area contributed by atoms with E-state index < -0.39 is 5.41 Å². The number of nitriles is 1. The first-order chi connectivity index (χ1) is 6.81. The van der Waals surface area contributed by atoms with E-state index >= 15 is 0 Å². The van der Waals surface area contributed by atoms with E-state index in [-0.39, 0.29) is 16.5 Å². The Hall–Kier alpha value is -1.40. The highest BCUT2D eigenvalue weighted by Gasteiger charge is 2.26. The molecule has 0 aromatic heterocycles. The van der Waals surface area contributed by atoms with Gasteiger partial charge in [-0.15, -0.1) is 0 Å². The molecule has 4 heteroatoms. The summed E-state index contributed by atoms with van der Waals surface area (Å²) in [6.45, 7) is 5.02. The molecule has 0 saturated carbocycles.